The number of amides is 1. The Morgan fingerprint density at radius 1 is 1.31 bits per heavy atom. The maximum atomic E-state index is 13.1. The van der Waals surface area contributed by atoms with E-state index in [2.05, 4.69) is 46.8 Å². The number of thioether (sulfide) groups is 1. The van der Waals surface area contributed by atoms with Gasteiger partial charge in [0.15, 0.2) is 5.41 Å². The molecule has 2 saturated heterocycles. The fourth-order valence-electron chi connectivity index (χ4n) is 4.00. The maximum absolute atomic E-state index is 13.1. The number of esters is 1. The van der Waals surface area contributed by atoms with Crippen LogP contribution in [0.2, 0.25) is 0 Å². The van der Waals surface area contributed by atoms with Crippen LogP contribution in [0, 0.1) is 11.3 Å². The van der Waals surface area contributed by atoms with Crippen molar-refractivity contribution in [3.05, 3.63) is 29.8 Å². The highest BCUT2D eigenvalue weighted by Crippen LogP contribution is 2.56. The second kappa shape index (κ2) is 6.59. The third-order valence-corrected chi connectivity index (χ3v) is 7.32. The van der Waals surface area contributed by atoms with Crippen LogP contribution in [0.4, 0.5) is 5.69 Å². The van der Waals surface area contributed by atoms with E-state index >= 15 is 0 Å². The third-order valence-electron chi connectivity index (χ3n) is 5.51. The fraction of sp³-hybridized carbons (Fsp3) is 0.619. The van der Waals surface area contributed by atoms with Crippen LogP contribution >= 0.6 is 11.8 Å². The number of hydrogen-bond acceptors (Lipinski definition) is 4. The second-order valence-corrected chi connectivity index (χ2v) is 9.79. The number of hydrogen-bond donors (Lipinski definition) is 0. The first kappa shape index (κ1) is 19.3. The zero-order chi connectivity index (χ0) is 19.3. The van der Waals surface area contributed by atoms with Crippen molar-refractivity contribution in [1.29, 1.82) is 0 Å². The predicted molar refractivity (Wildman–Crippen MR) is 107 cm³/mol. The fourth-order valence-corrected chi connectivity index (χ4v) is 5.79. The molecular weight excluding hydrogens is 346 g/mol. The van der Waals surface area contributed by atoms with E-state index in [0.29, 0.717) is 18.3 Å². The molecule has 0 bridgehead atoms. The lowest BCUT2D eigenvalue weighted by Gasteiger charge is -2.52. The van der Waals surface area contributed by atoms with Crippen molar-refractivity contribution >= 4 is 29.3 Å². The van der Waals surface area contributed by atoms with Crippen molar-refractivity contribution in [3.8, 4) is 0 Å². The molecule has 0 unspecified atom stereocenters. The van der Waals surface area contributed by atoms with E-state index in [1.54, 1.807) is 18.7 Å². The van der Waals surface area contributed by atoms with Gasteiger partial charge >= 0.3 is 5.97 Å². The zero-order valence-corrected chi connectivity index (χ0v) is 17.4. The van der Waals surface area contributed by atoms with Gasteiger partial charge in [0.2, 0.25) is 5.91 Å². The number of carbonyl (C=O) groups is 2. The van der Waals surface area contributed by atoms with Gasteiger partial charge in [-0.3, -0.25) is 9.59 Å². The number of carbonyl (C=O) groups excluding carboxylic acids is 2. The summed E-state index contributed by atoms with van der Waals surface area (Å²) in [5.41, 5.74) is 1.17. The van der Waals surface area contributed by atoms with Gasteiger partial charge in [-0.25, -0.2) is 0 Å². The molecule has 2 heterocycles. The summed E-state index contributed by atoms with van der Waals surface area (Å²) in [7, 11) is 0. The summed E-state index contributed by atoms with van der Waals surface area (Å²) >= 11 is 1.73. The van der Waals surface area contributed by atoms with E-state index in [1.807, 2.05) is 17.0 Å². The van der Waals surface area contributed by atoms with Crippen molar-refractivity contribution in [2.45, 2.75) is 58.2 Å². The third kappa shape index (κ3) is 2.75. The zero-order valence-electron chi connectivity index (χ0n) is 16.5. The van der Waals surface area contributed by atoms with E-state index in [0.717, 1.165) is 5.69 Å². The van der Waals surface area contributed by atoms with Crippen molar-refractivity contribution in [2.24, 2.45) is 11.3 Å². The van der Waals surface area contributed by atoms with Crippen LogP contribution in [0.1, 0.15) is 47.1 Å². The number of β-lactam (4-membered cyclic amide) rings is 1. The van der Waals surface area contributed by atoms with Crippen LogP contribution in [-0.2, 0) is 19.7 Å². The monoisotopic (exact) mass is 375 g/mol. The average molecular weight is 376 g/mol. The number of rotatable bonds is 4. The maximum Gasteiger partial charge on any atom is 0.324 e. The predicted octanol–water partition coefficient (Wildman–Crippen LogP) is 4.02. The van der Waals surface area contributed by atoms with Gasteiger partial charge < -0.3 is 9.64 Å². The van der Waals surface area contributed by atoms with Gasteiger partial charge in [0.25, 0.3) is 0 Å². The van der Waals surface area contributed by atoms with Crippen molar-refractivity contribution in [3.63, 3.8) is 0 Å². The summed E-state index contributed by atoms with van der Waals surface area (Å²) in [5.74, 6) is 0.438. The van der Waals surface area contributed by atoms with E-state index in [9.17, 15) is 9.59 Å². The van der Waals surface area contributed by atoms with Gasteiger partial charge in [-0.15, -0.1) is 0 Å². The summed E-state index contributed by atoms with van der Waals surface area (Å²) in [6.45, 7) is 12.9. The quantitative estimate of drug-likeness (QED) is 0.453. The lowest BCUT2D eigenvalue weighted by atomic mass is 9.68. The highest BCUT2D eigenvalue weighted by Gasteiger charge is 2.72. The minimum Gasteiger partial charge on any atom is -0.465 e. The normalized spacial score (nSPS) is 28.1. The van der Waals surface area contributed by atoms with Crippen LogP contribution in [-0.4, -0.2) is 35.5 Å². The Labute approximate surface area is 160 Å². The van der Waals surface area contributed by atoms with Gasteiger partial charge in [-0.05, 0) is 36.0 Å². The number of benzene rings is 1. The molecule has 3 atom stereocenters. The van der Waals surface area contributed by atoms with Gasteiger partial charge in [0.1, 0.15) is 0 Å². The molecule has 2 aliphatic rings. The smallest absolute Gasteiger partial charge is 0.324 e. The summed E-state index contributed by atoms with van der Waals surface area (Å²) in [5, 5.41) is 0.236. The summed E-state index contributed by atoms with van der Waals surface area (Å²) in [4.78, 5) is 27.7. The van der Waals surface area contributed by atoms with Gasteiger partial charge in [-0.1, -0.05) is 46.8 Å². The Hall–Kier alpha value is -1.49. The Kier molecular flexibility index (Phi) is 4.89. The molecule has 4 nitrogen and oxygen atoms in total. The molecular formula is C21H29NO3S. The van der Waals surface area contributed by atoms with E-state index in [1.165, 1.54) is 5.56 Å². The number of ether oxygens (including phenoxy) is 1. The molecule has 1 aromatic carbocycles. The topological polar surface area (TPSA) is 46.6 Å². The summed E-state index contributed by atoms with van der Waals surface area (Å²) in [6, 6.07) is 8.06. The molecule has 0 aliphatic carbocycles. The van der Waals surface area contributed by atoms with E-state index in [4.69, 9.17) is 4.74 Å². The van der Waals surface area contributed by atoms with Crippen LogP contribution < -0.4 is 4.90 Å². The minimum atomic E-state index is -1.00. The lowest BCUT2D eigenvalue weighted by molar-refractivity contribution is -0.165. The lowest BCUT2D eigenvalue weighted by Crippen LogP contribution is -2.74. The van der Waals surface area contributed by atoms with Crippen LogP contribution in [0.3, 0.4) is 0 Å². The molecule has 0 radical (unpaired) electrons. The molecule has 142 valence electrons. The number of anilines is 1. The van der Waals surface area contributed by atoms with E-state index in [-0.39, 0.29) is 28.6 Å². The first-order valence-electron chi connectivity index (χ1n) is 9.37. The molecule has 3 rings (SSSR count). The molecule has 1 amide bonds. The van der Waals surface area contributed by atoms with Crippen LogP contribution in [0.5, 0.6) is 0 Å². The van der Waals surface area contributed by atoms with Gasteiger partial charge in [0, 0.05) is 16.7 Å². The second-order valence-electron chi connectivity index (χ2n) is 8.63. The highest BCUT2D eigenvalue weighted by atomic mass is 32.2. The molecule has 1 aromatic rings. The molecule has 0 aromatic heterocycles. The van der Waals surface area contributed by atoms with Crippen molar-refractivity contribution in [2.75, 3.05) is 17.3 Å². The van der Waals surface area contributed by atoms with Gasteiger partial charge in [-0.2, -0.15) is 11.8 Å². The molecule has 2 aliphatic heterocycles. The Morgan fingerprint density at radius 3 is 2.42 bits per heavy atom. The SMILES string of the molecule is CCOC(=O)[C@@]12CS[C@@H](C(C)C)[C@@H]1N(c1ccc(C(C)(C)C)cc1)C2=O. The van der Waals surface area contributed by atoms with Gasteiger partial charge in [0.05, 0.1) is 12.6 Å². The minimum absolute atomic E-state index is 0.0653. The van der Waals surface area contributed by atoms with Crippen LogP contribution in [0.15, 0.2) is 24.3 Å². The standard InChI is InChI=1S/C21H29NO3S/c1-7-25-19(24)21-12-26-16(13(2)3)17(21)22(18(21)23)15-10-8-14(9-11-15)20(4,5)6/h8-11,13,16-17H,7,12H2,1-6H3/t16-,17-,21-/m0/s1. The number of nitrogens with zero attached hydrogens (tertiary/aromatic N) is 1. The summed E-state index contributed by atoms with van der Waals surface area (Å²) < 4.78 is 5.30. The van der Waals surface area contributed by atoms with Crippen molar-refractivity contribution in [1.82, 2.24) is 0 Å². The average Bonchev–Trinajstić information content (AvgIpc) is 2.91. The molecule has 26 heavy (non-hydrogen) atoms. The highest BCUT2D eigenvalue weighted by molar-refractivity contribution is 8.00. The van der Waals surface area contributed by atoms with Crippen LogP contribution in [0.25, 0.3) is 0 Å². The Morgan fingerprint density at radius 2 is 1.92 bits per heavy atom. The molecule has 0 N–H and O–H groups in total. The first-order chi connectivity index (χ1) is 12.1. The summed E-state index contributed by atoms with van der Waals surface area (Å²) in [6.07, 6.45) is 0. The molecule has 2 fully saturated rings. The Balaban J connectivity index is 1.96. The molecule has 0 spiro atoms. The first-order valence-corrected chi connectivity index (χ1v) is 10.4. The number of fused-ring (bicyclic) bond motifs is 1. The molecule has 5 heteroatoms. The molecule has 0 saturated carbocycles. The Bertz CT molecular complexity index is 707. The van der Waals surface area contributed by atoms with E-state index < -0.39 is 5.41 Å². The largest absolute Gasteiger partial charge is 0.465 e. The van der Waals surface area contributed by atoms with Crippen molar-refractivity contribution < 1.29 is 14.3 Å².